The highest BCUT2D eigenvalue weighted by Crippen LogP contribution is 2.20. The summed E-state index contributed by atoms with van der Waals surface area (Å²) in [5.41, 5.74) is 1.36. The van der Waals surface area contributed by atoms with Crippen LogP contribution in [0.3, 0.4) is 0 Å². The van der Waals surface area contributed by atoms with E-state index in [0.717, 1.165) is 25.9 Å². The van der Waals surface area contributed by atoms with E-state index in [1.165, 1.54) is 29.1 Å². The zero-order chi connectivity index (χ0) is 14.6. The Morgan fingerprint density at radius 1 is 1.05 bits per heavy atom. The molecule has 3 heteroatoms. The Morgan fingerprint density at radius 3 is 2.40 bits per heavy atom. The fourth-order valence-electron chi connectivity index (χ4n) is 1.97. The molecule has 114 valence electrons. The maximum Gasteiger partial charge on any atom is 0.0431 e. The number of aliphatic hydroxyl groups excluding tert-OH is 1. The van der Waals surface area contributed by atoms with Crippen molar-refractivity contribution in [2.75, 3.05) is 18.9 Å². The lowest BCUT2D eigenvalue weighted by Gasteiger charge is -2.08. The molecule has 2 N–H and O–H groups in total. The molecule has 0 spiro atoms. The number of benzene rings is 1. The first-order chi connectivity index (χ1) is 9.72. The Hall–Kier alpha value is -0.510. The van der Waals surface area contributed by atoms with Gasteiger partial charge in [0.25, 0.3) is 0 Å². The number of nitrogens with one attached hydrogen (secondary N) is 1. The van der Waals surface area contributed by atoms with Gasteiger partial charge in [-0.05, 0) is 48.8 Å². The molecule has 0 atom stereocenters. The summed E-state index contributed by atoms with van der Waals surface area (Å²) in [6, 6.07) is 8.90. The third-order valence-corrected chi connectivity index (χ3v) is 4.22. The number of rotatable bonds is 11. The van der Waals surface area contributed by atoms with E-state index in [0.29, 0.717) is 12.5 Å². The summed E-state index contributed by atoms with van der Waals surface area (Å²) in [6.07, 6.45) is 4.56. The lowest BCUT2D eigenvalue weighted by molar-refractivity contribution is 0.283. The van der Waals surface area contributed by atoms with Crippen molar-refractivity contribution in [3.8, 4) is 0 Å². The number of thioether (sulfide) groups is 1. The summed E-state index contributed by atoms with van der Waals surface area (Å²) in [5, 5.41) is 12.2. The first-order valence-electron chi connectivity index (χ1n) is 7.75. The average molecular weight is 295 g/mol. The summed E-state index contributed by atoms with van der Waals surface area (Å²) in [6.45, 7) is 6.83. The Labute approximate surface area is 128 Å². The molecule has 1 aromatic rings. The highest BCUT2D eigenvalue weighted by Gasteiger charge is 1.98. The van der Waals surface area contributed by atoms with Crippen LogP contribution in [0.1, 0.15) is 45.1 Å². The lowest BCUT2D eigenvalue weighted by Crippen LogP contribution is -2.18. The first kappa shape index (κ1) is 17.5. The average Bonchev–Trinajstić information content (AvgIpc) is 2.44. The van der Waals surface area contributed by atoms with Crippen molar-refractivity contribution < 1.29 is 5.11 Å². The minimum atomic E-state index is 0.333. The molecule has 0 fully saturated rings. The summed E-state index contributed by atoms with van der Waals surface area (Å²) < 4.78 is 0. The maximum absolute atomic E-state index is 8.71. The normalized spacial score (nSPS) is 11.2. The number of aliphatic hydroxyl groups is 1. The molecule has 0 amide bonds. The van der Waals surface area contributed by atoms with E-state index in [1.807, 2.05) is 11.8 Å². The summed E-state index contributed by atoms with van der Waals surface area (Å²) in [7, 11) is 0. The molecule has 0 aliphatic carbocycles. The van der Waals surface area contributed by atoms with Crippen LogP contribution < -0.4 is 5.32 Å². The molecule has 0 aromatic heterocycles. The van der Waals surface area contributed by atoms with Crippen LogP contribution in [0.4, 0.5) is 0 Å². The molecular formula is C17H29NOS. The molecule has 2 nitrogen and oxygen atoms in total. The molecule has 20 heavy (non-hydrogen) atoms. The van der Waals surface area contributed by atoms with Crippen molar-refractivity contribution in [2.45, 2.75) is 51.0 Å². The molecule has 0 bridgehead atoms. The van der Waals surface area contributed by atoms with Crippen molar-refractivity contribution in [3.05, 3.63) is 29.8 Å². The van der Waals surface area contributed by atoms with Gasteiger partial charge in [0.1, 0.15) is 0 Å². The van der Waals surface area contributed by atoms with Crippen LogP contribution in [0.5, 0.6) is 0 Å². The second-order valence-corrected chi connectivity index (χ2v) is 6.82. The van der Waals surface area contributed by atoms with Crippen molar-refractivity contribution in [3.63, 3.8) is 0 Å². The van der Waals surface area contributed by atoms with Gasteiger partial charge in [-0.3, -0.25) is 0 Å². The molecule has 0 aliphatic heterocycles. The van der Waals surface area contributed by atoms with Crippen LogP contribution in [-0.2, 0) is 6.54 Å². The molecule has 1 aromatic carbocycles. The smallest absolute Gasteiger partial charge is 0.0431 e. The van der Waals surface area contributed by atoms with E-state index >= 15 is 0 Å². The van der Waals surface area contributed by atoms with Crippen LogP contribution in [0, 0.1) is 5.92 Å². The van der Waals surface area contributed by atoms with Crippen LogP contribution in [-0.4, -0.2) is 24.0 Å². The van der Waals surface area contributed by atoms with Gasteiger partial charge in [-0.15, -0.1) is 11.8 Å². The Bertz CT molecular complexity index is 337. The molecule has 0 unspecified atom stereocenters. The first-order valence-corrected chi connectivity index (χ1v) is 8.74. The fourth-order valence-corrected chi connectivity index (χ4v) is 2.88. The summed E-state index contributed by atoms with van der Waals surface area (Å²) in [4.78, 5) is 1.36. The molecule has 0 aliphatic rings. The third-order valence-electron chi connectivity index (χ3n) is 3.13. The van der Waals surface area contributed by atoms with E-state index < -0.39 is 0 Å². The number of unbranched alkanes of at least 4 members (excludes halogenated alkanes) is 3. The number of hydrogen-bond donors (Lipinski definition) is 2. The van der Waals surface area contributed by atoms with Gasteiger partial charge in [0.05, 0.1) is 0 Å². The Morgan fingerprint density at radius 2 is 1.75 bits per heavy atom. The van der Waals surface area contributed by atoms with Gasteiger partial charge in [0.15, 0.2) is 0 Å². The summed E-state index contributed by atoms with van der Waals surface area (Å²) in [5.74, 6) is 1.88. The van der Waals surface area contributed by atoms with Crippen molar-refractivity contribution in [2.24, 2.45) is 5.92 Å². The van der Waals surface area contributed by atoms with Crippen molar-refractivity contribution in [1.29, 1.82) is 0 Å². The SMILES string of the molecule is CC(C)CNCc1ccc(SCCCCCCO)cc1. The van der Waals surface area contributed by atoms with Gasteiger partial charge in [-0.2, -0.15) is 0 Å². The summed E-state index contributed by atoms with van der Waals surface area (Å²) >= 11 is 1.93. The highest BCUT2D eigenvalue weighted by atomic mass is 32.2. The zero-order valence-corrected chi connectivity index (χ0v) is 13.7. The maximum atomic E-state index is 8.71. The van der Waals surface area contributed by atoms with Crippen molar-refractivity contribution >= 4 is 11.8 Å². The van der Waals surface area contributed by atoms with Gasteiger partial charge in [-0.1, -0.05) is 38.8 Å². The predicted molar refractivity (Wildman–Crippen MR) is 89.3 cm³/mol. The van der Waals surface area contributed by atoms with Gasteiger partial charge >= 0.3 is 0 Å². The fraction of sp³-hybridized carbons (Fsp3) is 0.647. The third kappa shape index (κ3) is 8.62. The number of hydrogen-bond acceptors (Lipinski definition) is 3. The molecule has 0 heterocycles. The van der Waals surface area contributed by atoms with Crippen LogP contribution >= 0.6 is 11.8 Å². The van der Waals surface area contributed by atoms with Gasteiger partial charge in [-0.25, -0.2) is 0 Å². The molecule has 0 saturated heterocycles. The molecule has 0 saturated carbocycles. The van der Waals surface area contributed by atoms with Gasteiger partial charge in [0.2, 0.25) is 0 Å². The predicted octanol–water partition coefficient (Wildman–Crippen LogP) is 4.08. The molecule has 0 radical (unpaired) electrons. The van der Waals surface area contributed by atoms with Crippen LogP contribution in [0.25, 0.3) is 0 Å². The van der Waals surface area contributed by atoms with E-state index in [9.17, 15) is 0 Å². The largest absolute Gasteiger partial charge is 0.396 e. The Balaban J connectivity index is 2.15. The molecular weight excluding hydrogens is 266 g/mol. The minimum absolute atomic E-state index is 0.333. The Kier molecular flexibility index (Phi) is 9.81. The quantitative estimate of drug-likeness (QED) is 0.476. The zero-order valence-electron chi connectivity index (χ0n) is 12.9. The van der Waals surface area contributed by atoms with E-state index in [4.69, 9.17) is 5.11 Å². The second kappa shape index (κ2) is 11.2. The van der Waals surface area contributed by atoms with Crippen LogP contribution in [0.2, 0.25) is 0 Å². The standard InChI is InChI=1S/C17H29NOS/c1-15(2)13-18-14-16-7-9-17(10-8-16)20-12-6-4-3-5-11-19/h7-10,15,18-19H,3-6,11-14H2,1-2H3. The molecule has 1 rings (SSSR count). The van der Waals surface area contributed by atoms with Crippen LogP contribution in [0.15, 0.2) is 29.2 Å². The lowest BCUT2D eigenvalue weighted by atomic mass is 10.2. The second-order valence-electron chi connectivity index (χ2n) is 5.65. The minimum Gasteiger partial charge on any atom is -0.396 e. The monoisotopic (exact) mass is 295 g/mol. The van der Waals surface area contributed by atoms with E-state index in [2.05, 4.69) is 43.4 Å². The van der Waals surface area contributed by atoms with E-state index in [-0.39, 0.29) is 0 Å². The van der Waals surface area contributed by atoms with Gasteiger partial charge < -0.3 is 10.4 Å². The highest BCUT2D eigenvalue weighted by molar-refractivity contribution is 7.99. The van der Waals surface area contributed by atoms with Crippen molar-refractivity contribution in [1.82, 2.24) is 5.32 Å². The topological polar surface area (TPSA) is 32.3 Å². The van der Waals surface area contributed by atoms with E-state index in [1.54, 1.807) is 0 Å². The van der Waals surface area contributed by atoms with Gasteiger partial charge in [0, 0.05) is 18.0 Å².